The lowest BCUT2D eigenvalue weighted by Crippen LogP contribution is -2.19. The van der Waals surface area contributed by atoms with Gasteiger partial charge in [-0.3, -0.25) is 9.52 Å². The molecule has 1 aromatic heterocycles. The summed E-state index contributed by atoms with van der Waals surface area (Å²) < 4.78 is 2.81. The van der Waals surface area contributed by atoms with Crippen LogP contribution in [0.2, 0.25) is 0 Å². The van der Waals surface area contributed by atoms with Crippen molar-refractivity contribution < 1.29 is 4.79 Å². The topological polar surface area (TPSA) is 69.0 Å². The van der Waals surface area contributed by atoms with Gasteiger partial charge >= 0.3 is 0 Å². The fourth-order valence-electron chi connectivity index (χ4n) is 3.11. The second-order valence-corrected chi connectivity index (χ2v) is 8.47. The largest absolute Gasteiger partial charge is 0.313 e. The molecule has 0 bridgehead atoms. The van der Waals surface area contributed by atoms with Gasteiger partial charge in [-0.05, 0) is 48.6 Å². The van der Waals surface area contributed by atoms with Crippen LogP contribution < -0.4 is 9.62 Å². The van der Waals surface area contributed by atoms with Crippen molar-refractivity contribution in [1.82, 2.24) is 9.71 Å². The maximum atomic E-state index is 12.6. The Kier molecular flexibility index (Phi) is 5.84. The smallest absolute Gasteiger partial charge is 0.280 e. The quantitative estimate of drug-likeness (QED) is 0.530. The van der Waals surface area contributed by atoms with Gasteiger partial charge in [0.05, 0.1) is 18.2 Å². The van der Waals surface area contributed by atoms with Crippen LogP contribution >= 0.6 is 23.3 Å². The average molecular weight is 421 g/mol. The third kappa shape index (κ3) is 4.44. The van der Waals surface area contributed by atoms with E-state index in [4.69, 9.17) is 10.2 Å². The van der Waals surface area contributed by atoms with Crippen LogP contribution in [-0.4, -0.2) is 17.1 Å². The van der Waals surface area contributed by atoms with Gasteiger partial charge in [0.25, 0.3) is 5.91 Å². The van der Waals surface area contributed by atoms with Crippen molar-refractivity contribution in [1.29, 1.82) is 5.26 Å². The van der Waals surface area contributed by atoms with Crippen LogP contribution in [0, 0.1) is 11.3 Å². The third-order valence-electron chi connectivity index (χ3n) is 4.72. The zero-order valence-corrected chi connectivity index (χ0v) is 17.6. The average Bonchev–Trinajstić information content (AvgIpc) is 3.51. The van der Waals surface area contributed by atoms with Gasteiger partial charge in [0.1, 0.15) is 5.69 Å². The molecular formula is C22H20N4OS2. The number of aromatic nitrogens is 1. The van der Waals surface area contributed by atoms with Crippen LogP contribution in [0.15, 0.2) is 54.6 Å². The van der Waals surface area contributed by atoms with Crippen LogP contribution in [0.4, 0.5) is 10.8 Å². The van der Waals surface area contributed by atoms with E-state index in [1.807, 2.05) is 48.7 Å². The molecular weight excluding hydrogens is 400 g/mol. The molecule has 146 valence electrons. The lowest BCUT2D eigenvalue weighted by Gasteiger charge is -2.22. The fraction of sp³-hybridized carbons (Fsp3) is 0.227. The number of anilines is 2. The molecule has 1 saturated carbocycles. The number of amides is 1. The summed E-state index contributed by atoms with van der Waals surface area (Å²) in [6.45, 7) is 0.633. The Morgan fingerprint density at radius 1 is 1.24 bits per heavy atom. The summed E-state index contributed by atoms with van der Waals surface area (Å²) >= 11 is 2.88. The second-order valence-electron chi connectivity index (χ2n) is 6.85. The normalized spacial score (nSPS) is 13.0. The van der Waals surface area contributed by atoms with E-state index in [1.54, 1.807) is 11.3 Å². The molecule has 1 amide bonds. The van der Waals surface area contributed by atoms with Crippen molar-refractivity contribution in [3.05, 3.63) is 76.3 Å². The summed E-state index contributed by atoms with van der Waals surface area (Å²) in [5, 5.41) is 9.92. The van der Waals surface area contributed by atoms with Gasteiger partial charge < -0.3 is 4.90 Å². The van der Waals surface area contributed by atoms with E-state index in [-0.39, 0.29) is 5.91 Å². The van der Waals surface area contributed by atoms with Crippen LogP contribution in [-0.2, 0) is 6.54 Å². The van der Waals surface area contributed by atoms with Crippen molar-refractivity contribution in [2.75, 3.05) is 11.2 Å². The Bertz CT molecular complexity index is 1040. The van der Waals surface area contributed by atoms with Crippen LogP contribution in [0.1, 0.15) is 45.3 Å². The molecule has 0 radical (unpaired) electrons. The van der Waals surface area contributed by atoms with Gasteiger partial charge in [0.2, 0.25) is 0 Å². The van der Waals surface area contributed by atoms with Gasteiger partial charge in [-0.2, -0.15) is 5.26 Å². The van der Waals surface area contributed by atoms with Gasteiger partial charge in [-0.1, -0.05) is 42.3 Å². The first-order valence-electron chi connectivity index (χ1n) is 9.35. The van der Waals surface area contributed by atoms with Crippen molar-refractivity contribution in [3.63, 3.8) is 0 Å². The minimum Gasteiger partial charge on any atom is -0.313 e. The molecule has 1 N–H and O–H groups in total. The predicted molar refractivity (Wildman–Crippen MR) is 119 cm³/mol. The summed E-state index contributed by atoms with van der Waals surface area (Å²) in [5.41, 5.74) is 3.25. The molecule has 5 nitrogen and oxygen atoms in total. The zero-order valence-electron chi connectivity index (χ0n) is 16.0. The van der Waals surface area contributed by atoms with Gasteiger partial charge in [-0.15, -0.1) is 11.3 Å². The number of nitriles is 1. The standard InChI is InChI=1S/C22H20N4OS2/c1-28-25-21(27)19-20(17-9-10-17)29-22(24-19)26(14-16-5-3-2-4-6-16)18-11-7-15(13-23)8-12-18/h2-8,11-12,17H,9-10,14H2,1H3,(H,25,27). The molecule has 0 unspecified atom stereocenters. The zero-order chi connectivity index (χ0) is 20.2. The molecule has 1 fully saturated rings. The van der Waals surface area contributed by atoms with Crippen molar-refractivity contribution in [2.24, 2.45) is 0 Å². The first-order chi connectivity index (χ1) is 14.2. The summed E-state index contributed by atoms with van der Waals surface area (Å²) in [6.07, 6.45) is 4.05. The van der Waals surface area contributed by atoms with Crippen LogP contribution in [0.5, 0.6) is 0 Å². The molecule has 4 rings (SSSR count). The number of hydrogen-bond acceptors (Lipinski definition) is 6. The molecule has 0 aliphatic heterocycles. The Morgan fingerprint density at radius 3 is 2.59 bits per heavy atom. The minimum atomic E-state index is -0.138. The monoisotopic (exact) mass is 420 g/mol. The highest BCUT2D eigenvalue weighted by Gasteiger charge is 2.33. The fourth-order valence-corrected chi connectivity index (χ4v) is 4.65. The SMILES string of the molecule is CSNC(=O)c1nc(N(Cc2ccccc2)c2ccc(C#N)cc2)sc1C1CC1. The van der Waals surface area contributed by atoms with Gasteiger partial charge in [0, 0.05) is 16.8 Å². The number of rotatable bonds is 7. The summed E-state index contributed by atoms with van der Waals surface area (Å²) in [6, 6.07) is 19.8. The van der Waals surface area contributed by atoms with E-state index < -0.39 is 0 Å². The highest BCUT2D eigenvalue weighted by Crippen LogP contribution is 2.47. The molecule has 29 heavy (non-hydrogen) atoms. The minimum absolute atomic E-state index is 0.138. The molecule has 0 atom stereocenters. The highest BCUT2D eigenvalue weighted by atomic mass is 32.2. The van der Waals surface area contributed by atoms with Crippen LogP contribution in [0.25, 0.3) is 0 Å². The first kappa shape index (κ1) is 19.5. The molecule has 7 heteroatoms. The number of nitrogens with zero attached hydrogens (tertiary/aromatic N) is 3. The summed E-state index contributed by atoms with van der Waals surface area (Å²) in [4.78, 5) is 20.5. The maximum Gasteiger partial charge on any atom is 0.280 e. The summed E-state index contributed by atoms with van der Waals surface area (Å²) in [5.74, 6) is 0.296. The number of carbonyl (C=O) groups is 1. The maximum absolute atomic E-state index is 12.6. The lowest BCUT2D eigenvalue weighted by molar-refractivity contribution is 0.0979. The number of hydrogen-bond donors (Lipinski definition) is 1. The molecule has 1 aliphatic rings. The molecule has 0 saturated heterocycles. The Morgan fingerprint density at radius 2 is 1.97 bits per heavy atom. The van der Waals surface area contributed by atoms with E-state index in [9.17, 15) is 4.79 Å². The Balaban J connectivity index is 1.75. The van der Waals surface area contributed by atoms with Crippen molar-refractivity contribution in [2.45, 2.75) is 25.3 Å². The van der Waals surface area contributed by atoms with E-state index >= 15 is 0 Å². The highest BCUT2D eigenvalue weighted by molar-refractivity contribution is 7.97. The second kappa shape index (κ2) is 8.68. The van der Waals surface area contributed by atoms with Gasteiger partial charge in [0.15, 0.2) is 5.13 Å². The molecule has 2 aromatic carbocycles. The summed E-state index contributed by atoms with van der Waals surface area (Å²) in [7, 11) is 0. The third-order valence-corrected chi connectivity index (χ3v) is 6.35. The van der Waals surface area contributed by atoms with E-state index in [0.717, 1.165) is 34.1 Å². The molecule has 3 aromatic rings. The van der Waals surface area contributed by atoms with Gasteiger partial charge in [-0.25, -0.2) is 4.98 Å². The van der Waals surface area contributed by atoms with E-state index in [1.165, 1.54) is 11.9 Å². The Hall–Kier alpha value is -2.82. The van der Waals surface area contributed by atoms with E-state index in [0.29, 0.717) is 23.7 Å². The number of thiazole rings is 1. The molecule has 0 spiro atoms. The molecule has 1 heterocycles. The number of benzene rings is 2. The molecule has 1 aliphatic carbocycles. The number of carbonyl (C=O) groups excluding carboxylic acids is 1. The van der Waals surface area contributed by atoms with Crippen LogP contribution in [0.3, 0.4) is 0 Å². The Labute approximate surface area is 178 Å². The number of nitrogens with one attached hydrogen (secondary N) is 1. The predicted octanol–water partition coefficient (Wildman–Crippen LogP) is 5.24. The van der Waals surface area contributed by atoms with E-state index in [2.05, 4.69) is 27.8 Å². The van der Waals surface area contributed by atoms with Crippen molar-refractivity contribution >= 4 is 40.0 Å². The lowest BCUT2D eigenvalue weighted by atomic mass is 10.2. The van der Waals surface area contributed by atoms with Crippen molar-refractivity contribution in [3.8, 4) is 6.07 Å². The first-order valence-corrected chi connectivity index (χ1v) is 11.4.